The first-order chi connectivity index (χ1) is 13.6. The summed E-state index contributed by atoms with van der Waals surface area (Å²) in [4.78, 5) is 28.4. The first-order valence-corrected chi connectivity index (χ1v) is 8.94. The fourth-order valence-corrected chi connectivity index (χ4v) is 2.85. The number of pyridine rings is 1. The molecule has 1 saturated carbocycles. The highest BCUT2D eigenvalue weighted by Gasteiger charge is 2.21. The molecule has 0 bridgehead atoms. The molecule has 3 aromatic rings. The average molecular weight is 384 g/mol. The molecule has 0 amide bonds. The van der Waals surface area contributed by atoms with Crippen molar-refractivity contribution >= 4 is 28.9 Å². The number of nitrogens with zero attached hydrogens (tertiary/aromatic N) is 4. The number of aromatic nitrogens is 4. The third-order valence-corrected chi connectivity index (χ3v) is 4.45. The van der Waals surface area contributed by atoms with Gasteiger partial charge in [0.05, 0.1) is 18.9 Å². The van der Waals surface area contributed by atoms with Crippen molar-refractivity contribution in [3.05, 3.63) is 46.5 Å². The zero-order valence-electron chi connectivity index (χ0n) is 15.3. The number of aromatic carboxylic acids is 1. The third kappa shape index (κ3) is 3.54. The van der Waals surface area contributed by atoms with E-state index in [9.17, 15) is 14.7 Å². The van der Waals surface area contributed by atoms with Gasteiger partial charge in [0.2, 0.25) is 0 Å². The van der Waals surface area contributed by atoms with Crippen LogP contribution in [-0.4, -0.2) is 50.0 Å². The van der Waals surface area contributed by atoms with Crippen molar-refractivity contribution in [3.63, 3.8) is 0 Å². The fraction of sp³-hybridized carbons (Fsp3) is 0.333. The number of carboxylic acids is 1. The number of rotatable bonds is 8. The maximum Gasteiger partial charge on any atom is 0.341 e. The molecule has 28 heavy (non-hydrogen) atoms. The van der Waals surface area contributed by atoms with Crippen LogP contribution in [0.25, 0.3) is 5.65 Å². The van der Waals surface area contributed by atoms with E-state index in [1.165, 1.54) is 10.7 Å². The lowest BCUT2D eigenvalue weighted by atomic mass is 10.3. The molecule has 0 atom stereocenters. The fourth-order valence-electron chi connectivity index (χ4n) is 2.85. The summed E-state index contributed by atoms with van der Waals surface area (Å²) in [5.74, 6) is -0.252. The molecular formula is C18H20N6O4. The largest absolute Gasteiger partial charge is 0.477 e. The van der Waals surface area contributed by atoms with E-state index in [4.69, 9.17) is 4.74 Å². The molecular weight excluding hydrogens is 364 g/mol. The molecule has 0 radical (unpaired) electrons. The number of hydrogen-bond donors (Lipinski definition) is 3. The minimum Gasteiger partial charge on any atom is -0.477 e. The second kappa shape index (κ2) is 7.31. The Kier molecular flexibility index (Phi) is 4.70. The van der Waals surface area contributed by atoms with Gasteiger partial charge in [-0.25, -0.2) is 9.78 Å². The van der Waals surface area contributed by atoms with Crippen molar-refractivity contribution in [3.8, 4) is 0 Å². The number of ether oxygens (including phenoxy) is 1. The molecule has 10 heteroatoms. The van der Waals surface area contributed by atoms with Crippen LogP contribution in [-0.2, 0) is 11.3 Å². The molecule has 3 N–H and O–H groups in total. The summed E-state index contributed by atoms with van der Waals surface area (Å²) in [6.45, 7) is 0.949. The molecule has 4 rings (SSSR count). The molecule has 0 saturated heterocycles. The quantitative estimate of drug-likeness (QED) is 0.535. The van der Waals surface area contributed by atoms with Crippen molar-refractivity contribution in [1.82, 2.24) is 19.2 Å². The van der Waals surface area contributed by atoms with Gasteiger partial charge in [0.25, 0.3) is 5.56 Å². The summed E-state index contributed by atoms with van der Waals surface area (Å²) in [6.07, 6.45) is 5.47. The molecule has 1 aliphatic carbocycles. The highest BCUT2D eigenvalue weighted by atomic mass is 16.5. The van der Waals surface area contributed by atoms with Crippen molar-refractivity contribution in [2.75, 3.05) is 24.3 Å². The van der Waals surface area contributed by atoms with Gasteiger partial charge in [0, 0.05) is 25.9 Å². The summed E-state index contributed by atoms with van der Waals surface area (Å²) in [5, 5.41) is 19.3. The zero-order valence-corrected chi connectivity index (χ0v) is 15.3. The van der Waals surface area contributed by atoms with Crippen LogP contribution in [0, 0.1) is 0 Å². The van der Waals surface area contributed by atoms with Crippen LogP contribution in [0.2, 0.25) is 0 Å². The Morgan fingerprint density at radius 1 is 1.43 bits per heavy atom. The van der Waals surface area contributed by atoms with E-state index >= 15 is 0 Å². The van der Waals surface area contributed by atoms with E-state index in [1.54, 1.807) is 36.0 Å². The van der Waals surface area contributed by atoms with Gasteiger partial charge in [-0.15, -0.1) is 0 Å². The Balaban J connectivity index is 1.63. The number of nitrogens with one attached hydrogen (secondary N) is 2. The predicted octanol–water partition coefficient (Wildman–Crippen LogP) is 1.55. The number of hydrogen-bond acceptors (Lipinski definition) is 7. The molecule has 1 fully saturated rings. The Morgan fingerprint density at radius 2 is 2.25 bits per heavy atom. The maximum atomic E-state index is 12.7. The van der Waals surface area contributed by atoms with Crippen LogP contribution in [0.1, 0.15) is 23.2 Å². The highest BCUT2D eigenvalue weighted by Crippen LogP contribution is 2.23. The molecule has 146 valence electrons. The van der Waals surface area contributed by atoms with Gasteiger partial charge in [-0.3, -0.25) is 4.79 Å². The summed E-state index contributed by atoms with van der Waals surface area (Å²) >= 11 is 0. The van der Waals surface area contributed by atoms with Gasteiger partial charge >= 0.3 is 5.97 Å². The monoisotopic (exact) mass is 384 g/mol. The highest BCUT2D eigenvalue weighted by molar-refractivity contribution is 5.94. The van der Waals surface area contributed by atoms with Crippen LogP contribution in [0.5, 0.6) is 0 Å². The SMILES string of the molecule is CNc1cc(Nc2cccn(CCOC3CC3)c2=O)nc2c(C(=O)O)cnn12. The molecule has 0 aliphatic heterocycles. The first-order valence-electron chi connectivity index (χ1n) is 8.94. The molecule has 0 unspecified atom stereocenters. The molecule has 10 nitrogen and oxygen atoms in total. The van der Waals surface area contributed by atoms with Crippen molar-refractivity contribution in [2.45, 2.75) is 25.5 Å². The second-order valence-electron chi connectivity index (χ2n) is 6.49. The molecule has 3 aromatic heterocycles. The molecule has 1 aliphatic rings. The van der Waals surface area contributed by atoms with Gasteiger partial charge in [-0.2, -0.15) is 9.61 Å². The Labute approximate surface area is 159 Å². The van der Waals surface area contributed by atoms with Gasteiger partial charge in [-0.05, 0) is 25.0 Å². The minimum absolute atomic E-state index is 0.0251. The van der Waals surface area contributed by atoms with Gasteiger partial charge in [-0.1, -0.05) is 0 Å². The van der Waals surface area contributed by atoms with E-state index in [2.05, 4.69) is 20.7 Å². The third-order valence-electron chi connectivity index (χ3n) is 4.45. The maximum absolute atomic E-state index is 12.7. The normalized spacial score (nSPS) is 13.6. The van der Waals surface area contributed by atoms with Gasteiger partial charge in [0.1, 0.15) is 22.9 Å². The van der Waals surface area contributed by atoms with E-state index < -0.39 is 5.97 Å². The molecule has 0 aromatic carbocycles. The minimum atomic E-state index is -1.13. The Morgan fingerprint density at radius 3 is 2.96 bits per heavy atom. The van der Waals surface area contributed by atoms with Crippen molar-refractivity contribution in [1.29, 1.82) is 0 Å². The smallest absolute Gasteiger partial charge is 0.341 e. The molecule has 3 heterocycles. The zero-order chi connectivity index (χ0) is 19.7. The van der Waals surface area contributed by atoms with Gasteiger partial charge < -0.3 is 25.0 Å². The van der Waals surface area contributed by atoms with E-state index in [0.717, 1.165) is 12.8 Å². The Hall–Kier alpha value is -3.40. The number of anilines is 3. The van der Waals surface area contributed by atoms with E-state index in [1.807, 2.05) is 0 Å². The van der Waals surface area contributed by atoms with Crippen molar-refractivity contribution in [2.24, 2.45) is 0 Å². The Bertz CT molecular complexity index is 1090. The number of carbonyl (C=O) groups is 1. The lowest BCUT2D eigenvalue weighted by Gasteiger charge is -2.11. The first kappa shape index (κ1) is 18.0. The summed E-state index contributed by atoms with van der Waals surface area (Å²) in [6, 6.07) is 5.07. The molecule has 0 spiro atoms. The average Bonchev–Trinajstić information content (AvgIpc) is 3.40. The lowest BCUT2D eigenvalue weighted by molar-refractivity contribution is 0.0698. The van der Waals surface area contributed by atoms with E-state index in [-0.39, 0.29) is 16.8 Å². The van der Waals surface area contributed by atoms with Crippen LogP contribution in [0.3, 0.4) is 0 Å². The summed E-state index contributed by atoms with van der Waals surface area (Å²) in [5.41, 5.74) is 0.282. The number of fused-ring (bicyclic) bond motifs is 1. The topological polar surface area (TPSA) is 123 Å². The summed E-state index contributed by atoms with van der Waals surface area (Å²) < 4.78 is 8.58. The van der Waals surface area contributed by atoms with Gasteiger partial charge in [0.15, 0.2) is 5.65 Å². The predicted molar refractivity (Wildman–Crippen MR) is 102 cm³/mol. The lowest BCUT2D eigenvalue weighted by Crippen LogP contribution is -2.24. The van der Waals surface area contributed by atoms with Crippen LogP contribution in [0.15, 0.2) is 35.4 Å². The van der Waals surface area contributed by atoms with Crippen LogP contribution < -0.4 is 16.2 Å². The van der Waals surface area contributed by atoms with Crippen LogP contribution >= 0.6 is 0 Å². The summed E-state index contributed by atoms with van der Waals surface area (Å²) in [7, 11) is 1.69. The van der Waals surface area contributed by atoms with Crippen LogP contribution in [0.4, 0.5) is 17.3 Å². The van der Waals surface area contributed by atoms with E-state index in [0.29, 0.717) is 36.6 Å². The number of carboxylic acid groups (broad SMARTS) is 1. The van der Waals surface area contributed by atoms with Crippen molar-refractivity contribution < 1.29 is 14.6 Å². The standard InChI is InChI=1S/C18H20N6O4/c1-19-15-9-14(22-16-12(18(26)27)10-20-24(15)16)21-13-3-2-6-23(17(13)25)7-8-28-11-4-5-11/h2-3,6,9-11,19H,4-5,7-8H2,1H3,(H,21,22)(H,26,27). The second-order valence-corrected chi connectivity index (χ2v) is 6.49.